The molecule has 2 atom stereocenters. The van der Waals surface area contributed by atoms with E-state index in [4.69, 9.17) is 13.0 Å². The molecule has 4 nitrogen and oxygen atoms in total. The summed E-state index contributed by atoms with van der Waals surface area (Å²) in [5.74, 6) is 0. The first-order valence-corrected chi connectivity index (χ1v) is 10.9. The van der Waals surface area contributed by atoms with Gasteiger partial charge in [-0.3, -0.25) is 0 Å². The van der Waals surface area contributed by atoms with Crippen LogP contribution in [0.4, 0.5) is 13.2 Å². The highest BCUT2D eigenvalue weighted by molar-refractivity contribution is 7.86. The number of hydrogen-bond donors (Lipinski definition) is 1. The second-order valence-corrected chi connectivity index (χ2v) is 8.18. The van der Waals surface area contributed by atoms with E-state index < -0.39 is 15.6 Å². The molecule has 1 saturated heterocycles. The van der Waals surface area contributed by atoms with E-state index in [0.29, 0.717) is 0 Å². The maximum Gasteiger partial charge on any atom is 0.485 e. The molecule has 2 unspecified atom stereocenters. The summed E-state index contributed by atoms with van der Waals surface area (Å²) in [6.45, 7) is 7.55. The molecule has 152 valence electrons. The molecule has 0 bridgehead atoms. The minimum Gasteiger partial charge on any atom is -0.741 e. The molecule has 0 amide bonds. The molecular formula is C17H34F3NO3S. The van der Waals surface area contributed by atoms with E-state index in [1.54, 1.807) is 0 Å². The van der Waals surface area contributed by atoms with E-state index in [2.05, 4.69) is 13.8 Å². The predicted molar refractivity (Wildman–Crippen MR) is 92.4 cm³/mol. The summed E-state index contributed by atoms with van der Waals surface area (Å²) in [6.07, 6.45) is 16.0. The van der Waals surface area contributed by atoms with E-state index in [1.807, 2.05) is 4.90 Å². The van der Waals surface area contributed by atoms with Crippen LogP contribution in [-0.2, 0) is 10.1 Å². The molecule has 1 aliphatic rings. The summed E-state index contributed by atoms with van der Waals surface area (Å²) in [5, 5.41) is 0. The Morgan fingerprint density at radius 2 is 1.52 bits per heavy atom. The molecule has 0 aromatic carbocycles. The van der Waals surface area contributed by atoms with E-state index in [1.165, 1.54) is 83.7 Å². The lowest BCUT2D eigenvalue weighted by Crippen LogP contribution is -3.13. The number of halogens is 3. The van der Waals surface area contributed by atoms with E-state index in [-0.39, 0.29) is 0 Å². The lowest BCUT2D eigenvalue weighted by molar-refractivity contribution is -0.912. The molecular weight excluding hydrogens is 355 g/mol. The van der Waals surface area contributed by atoms with Crippen LogP contribution >= 0.6 is 0 Å². The number of unbranched alkanes of at least 4 members (excludes halogenated alkanes) is 6. The van der Waals surface area contributed by atoms with Crippen LogP contribution in [-0.4, -0.2) is 37.6 Å². The van der Waals surface area contributed by atoms with Crippen LogP contribution < -0.4 is 4.90 Å². The third-order valence-electron chi connectivity index (χ3n) is 4.65. The van der Waals surface area contributed by atoms with Gasteiger partial charge in [-0.15, -0.1) is 0 Å². The highest BCUT2D eigenvalue weighted by Crippen LogP contribution is 2.20. The van der Waals surface area contributed by atoms with Crippen molar-refractivity contribution in [2.45, 2.75) is 96.0 Å². The van der Waals surface area contributed by atoms with Crippen molar-refractivity contribution < 1.29 is 31.0 Å². The third-order valence-corrected chi connectivity index (χ3v) is 5.22. The van der Waals surface area contributed by atoms with Gasteiger partial charge in [0, 0.05) is 12.8 Å². The van der Waals surface area contributed by atoms with E-state index >= 15 is 0 Å². The van der Waals surface area contributed by atoms with Crippen LogP contribution in [0, 0.1) is 0 Å². The van der Waals surface area contributed by atoms with Crippen LogP contribution in [0.25, 0.3) is 0 Å². The number of hydrogen-bond acceptors (Lipinski definition) is 3. The summed E-state index contributed by atoms with van der Waals surface area (Å²) in [6, 6.07) is 1.01. The first-order chi connectivity index (χ1) is 11.6. The standard InChI is InChI=1S/C16H33N.CHF3O3S/c1-3-5-6-7-8-9-10-14-17-15-11-13-16(17)12-4-2;2-1(3,4)8(5,6)7/h16H,3-15H2,1-2H3;(H,5,6,7). The minimum atomic E-state index is -6.09. The quantitative estimate of drug-likeness (QED) is 0.353. The van der Waals surface area contributed by atoms with Crippen LogP contribution in [0.3, 0.4) is 0 Å². The second kappa shape index (κ2) is 12.9. The Kier molecular flexibility index (Phi) is 12.7. The zero-order valence-corrected chi connectivity index (χ0v) is 16.4. The van der Waals surface area contributed by atoms with Gasteiger partial charge in [0.2, 0.25) is 0 Å². The molecule has 1 fully saturated rings. The molecule has 0 aromatic heterocycles. The van der Waals surface area contributed by atoms with Crippen LogP contribution in [0.2, 0.25) is 0 Å². The maximum atomic E-state index is 10.7. The van der Waals surface area contributed by atoms with Gasteiger partial charge in [-0.25, -0.2) is 8.42 Å². The van der Waals surface area contributed by atoms with Gasteiger partial charge >= 0.3 is 5.51 Å². The third kappa shape index (κ3) is 11.8. The fourth-order valence-electron chi connectivity index (χ4n) is 3.32. The summed E-state index contributed by atoms with van der Waals surface area (Å²) < 4.78 is 58.9. The molecule has 1 rings (SSSR count). The second-order valence-electron chi connectivity index (χ2n) is 6.81. The fourth-order valence-corrected chi connectivity index (χ4v) is 3.32. The summed E-state index contributed by atoms with van der Waals surface area (Å²) in [4.78, 5) is 1.93. The lowest BCUT2D eigenvalue weighted by atomic mass is 10.1. The van der Waals surface area contributed by atoms with Gasteiger partial charge in [0.1, 0.15) is 0 Å². The minimum absolute atomic E-state index is 1.01. The van der Waals surface area contributed by atoms with Gasteiger partial charge in [-0.05, 0) is 19.3 Å². The molecule has 0 aromatic rings. The van der Waals surface area contributed by atoms with Gasteiger partial charge < -0.3 is 9.45 Å². The molecule has 0 saturated carbocycles. The smallest absolute Gasteiger partial charge is 0.485 e. The predicted octanol–water partition coefficient (Wildman–Crippen LogP) is 3.64. The van der Waals surface area contributed by atoms with Crippen LogP contribution in [0.5, 0.6) is 0 Å². The Morgan fingerprint density at radius 3 is 2.00 bits per heavy atom. The van der Waals surface area contributed by atoms with Crippen LogP contribution in [0.15, 0.2) is 0 Å². The zero-order chi connectivity index (χ0) is 19.3. The molecule has 1 aliphatic heterocycles. The molecule has 1 heterocycles. The number of rotatable bonds is 10. The molecule has 0 radical (unpaired) electrons. The maximum absolute atomic E-state index is 10.7. The van der Waals surface area contributed by atoms with E-state index in [9.17, 15) is 13.2 Å². The largest absolute Gasteiger partial charge is 0.741 e. The SMILES string of the molecule is CCCCCCCCC[NH+]1CCCC1CCC.O=S(=O)([O-])C(F)(F)F. The highest BCUT2D eigenvalue weighted by Gasteiger charge is 2.36. The fraction of sp³-hybridized carbons (Fsp3) is 1.00. The first-order valence-electron chi connectivity index (χ1n) is 9.50. The average molecular weight is 390 g/mol. The Balaban J connectivity index is 0.000000609. The van der Waals surface area contributed by atoms with Crippen molar-refractivity contribution in [3.63, 3.8) is 0 Å². The van der Waals surface area contributed by atoms with Crippen molar-refractivity contribution in [3.05, 3.63) is 0 Å². The van der Waals surface area contributed by atoms with Crippen molar-refractivity contribution in [3.8, 4) is 0 Å². The van der Waals surface area contributed by atoms with Crippen molar-refractivity contribution in [2.24, 2.45) is 0 Å². The molecule has 8 heteroatoms. The highest BCUT2D eigenvalue weighted by atomic mass is 32.2. The molecule has 25 heavy (non-hydrogen) atoms. The Hall–Kier alpha value is -0.340. The summed E-state index contributed by atoms with van der Waals surface area (Å²) in [5.41, 5.74) is -5.65. The van der Waals surface area contributed by atoms with Crippen LogP contribution in [0.1, 0.15) is 84.5 Å². The summed E-state index contributed by atoms with van der Waals surface area (Å²) in [7, 11) is -6.09. The summed E-state index contributed by atoms with van der Waals surface area (Å²) >= 11 is 0. The Labute approximate surface area is 150 Å². The van der Waals surface area contributed by atoms with Gasteiger partial charge in [0.25, 0.3) is 0 Å². The monoisotopic (exact) mass is 389 g/mol. The van der Waals surface area contributed by atoms with Crippen molar-refractivity contribution in [1.82, 2.24) is 0 Å². The Bertz CT molecular complexity index is 427. The lowest BCUT2D eigenvalue weighted by Gasteiger charge is -2.21. The normalized spacial score (nSPS) is 21.0. The molecule has 0 aliphatic carbocycles. The topological polar surface area (TPSA) is 61.6 Å². The number of nitrogens with one attached hydrogen (secondary N) is 1. The van der Waals surface area contributed by atoms with Crippen molar-refractivity contribution in [2.75, 3.05) is 13.1 Å². The van der Waals surface area contributed by atoms with Gasteiger partial charge in [-0.2, -0.15) is 13.2 Å². The Morgan fingerprint density at radius 1 is 1.00 bits per heavy atom. The van der Waals surface area contributed by atoms with Gasteiger partial charge in [0.15, 0.2) is 10.1 Å². The van der Waals surface area contributed by atoms with Crippen molar-refractivity contribution in [1.29, 1.82) is 0 Å². The zero-order valence-electron chi connectivity index (χ0n) is 15.5. The average Bonchev–Trinajstić information content (AvgIpc) is 2.93. The van der Waals surface area contributed by atoms with Gasteiger partial charge in [-0.1, -0.05) is 52.4 Å². The number of alkyl halides is 3. The number of quaternary nitrogens is 1. The number of likely N-dealkylation sites (tertiary alicyclic amines) is 1. The molecule has 1 N–H and O–H groups in total. The van der Waals surface area contributed by atoms with Gasteiger partial charge in [0.05, 0.1) is 19.1 Å². The van der Waals surface area contributed by atoms with E-state index in [0.717, 1.165) is 6.04 Å². The first kappa shape index (κ1) is 24.7. The molecule has 0 spiro atoms. The van der Waals surface area contributed by atoms with Crippen molar-refractivity contribution >= 4 is 10.1 Å².